The summed E-state index contributed by atoms with van der Waals surface area (Å²) in [7, 11) is 1.78. The molecule has 3 aromatic rings. The van der Waals surface area contributed by atoms with Crippen LogP contribution in [0.15, 0.2) is 59.5 Å². The summed E-state index contributed by atoms with van der Waals surface area (Å²) in [5.74, 6) is -0.743. The van der Waals surface area contributed by atoms with E-state index in [1.165, 1.54) is 15.8 Å². The summed E-state index contributed by atoms with van der Waals surface area (Å²) in [5, 5.41) is 3.15. The lowest BCUT2D eigenvalue weighted by Crippen LogP contribution is -2.61. The van der Waals surface area contributed by atoms with Crippen LogP contribution < -0.4 is 15.8 Å². The Kier molecular flexibility index (Phi) is 6.91. The Bertz CT molecular complexity index is 1260. The second kappa shape index (κ2) is 9.90. The number of anilines is 1. The summed E-state index contributed by atoms with van der Waals surface area (Å²) in [6, 6.07) is 14.4. The molecule has 1 aliphatic carbocycles. The van der Waals surface area contributed by atoms with Gasteiger partial charge in [-0.1, -0.05) is 44.0 Å². The normalized spacial score (nSPS) is 15.5. The molecule has 2 amide bonds. The largest absolute Gasteiger partial charge is 0.351 e. The van der Waals surface area contributed by atoms with E-state index >= 15 is 0 Å². The van der Waals surface area contributed by atoms with Crippen LogP contribution in [-0.4, -0.2) is 37.7 Å². The van der Waals surface area contributed by atoms with Crippen LogP contribution in [0.4, 0.5) is 5.69 Å². The fourth-order valence-electron chi connectivity index (χ4n) is 4.82. The summed E-state index contributed by atoms with van der Waals surface area (Å²) >= 11 is 0. The van der Waals surface area contributed by atoms with Gasteiger partial charge in [0.1, 0.15) is 16.9 Å². The lowest BCUT2D eigenvalue weighted by atomic mass is 9.92. The molecule has 1 aliphatic rings. The number of pyridine rings is 1. The van der Waals surface area contributed by atoms with E-state index in [1.54, 1.807) is 43.8 Å². The minimum atomic E-state index is -1.29. The molecular weight excluding hydrogens is 442 g/mol. The highest BCUT2D eigenvalue weighted by atomic mass is 16.2. The summed E-state index contributed by atoms with van der Waals surface area (Å²) in [4.78, 5) is 47.3. The van der Waals surface area contributed by atoms with Crippen LogP contribution in [0, 0.1) is 6.92 Å². The molecule has 1 saturated carbocycles. The van der Waals surface area contributed by atoms with Gasteiger partial charge < -0.3 is 5.32 Å². The quantitative estimate of drug-likeness (QED) is 0.564. The highest BCUT2D eigenvalue weighted by molar-refractivity contribution is 6.10. The van der Waals surface area contributed by atoms with E-state index in [4.69, 9.17) is 0 Å². The van der Waals surface area contributed by atoms with Gasteiger partial charge in [-0.15, -0.1) is 0 Å². The number of hydrogen-bond donors (Lipinski definition) is 1. The summed E-state index contributed by atoms with van der Waals surface area (Å²) in [6.07, 6.45) is 5.85. The Balaban J connectivity index is 1.90. The number of nitrogens with one attached hydrogen (secondary N) is 1. The van der Waals surface area contributed by atoms with E-state index in [2.05, 4.69) is 10.3 Å². The van der Waals surface area contributed by atoms with Gasteiger partial charge in [0.25, 0.3) is 11.5 Å². The Labute approximate surface area is 205 Å². The predicted molar refractivity (Wildman–Crippen MR) is 136 cm³/mol. The fraction of sp³-hybridized carbons (Fsp3) is 0.407. The zero-order valence-electron chi connectivity index (χ0n) is 20.8. The first-order valence-electron chi connectivity index (χ1n) is 12.2. The molecule has 1 unspecified atom stereocenters. The first-order chi connectivity index (χ1) is 16.8. The highest BCUT2D eigenvalue weighted by Gasteiger charge is 2.46. The Morgan fingerprint density at radius 2 is 1.77 bits per heavy atom. The van der Waals surface area contributed by atoms with Crippen LogP contribution in [0.5, 0.6) is 0 Å². The van der Waals surface area contributed by atoms with Crippen molar-refractivity contribution in [1.82, 2.24) is 19.7 Å². The highest BCUT2D eigenvalue weighted by Crippen LogP contribution is 2.31. The van der Waals surface area contributed by atoms with Crippen molar-refractivity contribution in [1.29, 1.82) is 0 Å². The van der Waals surface area contributed by atoms with Gasteiger partial charge in [-0.3, -0.25) is 28.9 Å². The summed E-state index contributed by atoms with van der Waals surface area (Å²) in [5.41, 5.74) is -0.0528. The average Bonchev–Trinajstić information content (AvgIpc) is 3.47. The molecule has 2 heterocycles. The van der Waals surface area contributed by atoms with Crippen molar-refractivity contribution in [2.24, 2.45) is 7.05 Å². The van der Waals surface area contributed by atoms with Crippen molar-refractivity contribution in [3.05, 3.63) is 76.5 Å². The SMILES string of the molecule is CCC(C)(C(=O)NC1CCCC1)N(C(=O)c1ccccn1)c1c(C)n(C)n(-c2ccccc2)c1=O. The van der Waals surface area contributed by atoms with Crippen molar-refractivity contribution in [2.75, 3.05) is 4.90 Å². The third-order valence-electron chi connectivity index (χ3n) is 7.20. The maximum atomic E-state index is 14.0. The van der Waals surface area contributed by atoms with Crippen molar-refractivity contribution in [3.8, 4) is 5.69 Å². The minimum absolute atomic E-state index is 0.0815. The molecule has 8 heteroatoms. The number of carbonyl (C=O) groups is 2. The predicted octanol–water partition coefficient (Wildman–Crippen LogP) is 3.75. The van der Waals surface area contributed by atoms with Crippen LogP contribution >= 0.6 is 0 Å². The maximum Gasteiger partial charge on any atom is 0.295 e. The van der Waals surface area contributed by atoms with Crippen LogP contribution in [0.2, 0.25) is 0 Å². The average molecular weight is 476 g/mol. The zero-order valence-corrected chi connectivity index (χ0v) is 20.8. The van der Waals surface area contributed by atoms with Crippen molar-refractivity contribution >= 4 is 17.5 Å². The van der Waals surface area contributed by atoms with Gasteiger partial charge in [-0.25, -0.2) is 4.68 Å². The van der Waals surface area contributed by atoms with Gasteiger partial charge in [0.2, 0.25) is 5.91 Å². The molecule has 1 N–H and O–H groups in total. The Morgan fingerprint density at radius 1 is 1.11 bits per heavy atom. The standard InChI is InChI=1S/C27H33N5O3/c1-5-27(3,26(35)29-20-13-9-10-14-20)31(24(33)22-17-11-12-18-28-22)23-19(2)30(4)32(25(23)34)21-15-7-6-8-16-21/h6-8,11-12,15-18,20H,5,9-10,13-14H2,1-4H3,(H,29,35). The number of rotatable bonds is 7. The molecule has 0 radical (unpaired) electrons. The second-order valence-corrected chi connectivity index (χ2v) is 9.35. The van der Waals surface area contributed by atoms with Gasteiger partial charge in [0.05, 0.1) is 11.4 Å². The molecule has 1 fully saturated rings. The lowest BCUT2D eigenvalue weighted by molar-refractivity contribution is -0.126. The third kappa shape index (κ3) is 4.40. The Morgan fingerprint density at radius 3 is 2.37 bits per heavy atom. The Hall–Kier alpha value is -3.68. The zero-order chi connectivity index (χ0) is 25.2. The van der Waals surface area contributed by atoms with Gasteiger partial charge in [-0.05, 0) is 57.4 Å². The van der Waals surface area contributed by atoms with Crippen molar-refractivity contribution in [2.45, 2.75) is 64.5 Å². The van der Waals surface area contributed by atoms with E-state index in [0.717, 1.165) is 25.7 Å². The van der Waals surface area contributed by atoms with Crippen LogP contribution in [0.3, 0.4) is 0 Å². The number of hydrogen-bond acceptors (Lipinski definition) is 4. The number of benzene rings is 1. The van der Waals surface area contributed by atoms with Crippen LogP contribution in [0.25, 0.3) is 5.69 Å². The molecular formula is C27H33N5O3. The monoisotopic (exact) mass is 475 g/mol. The van der Waals surface area contributed by atoms with E-state index in [1.807, 2.05) is 37.3 Å². The summed E-state index contributed by atoms with van der Waals surface area (Å²) < 4.78 is 3.24. The first-order valence-corrected chi connectivity index (χ1v) is 12.2. The minimum Gasteiger partial charge on any atom is -0.351 e. The van der Waals surface area contributed by atoms with E-state index in [-0.39, 0.29) is 28.9 Å². The number of amides is 2. The summed E-state index contributed by atoms with van der Waals surface area (Å²) in [6.45, 7) is 5.39. The van der Waals surface area contributed by atoms with Gasteiger partial charge in [0, 0.05) is 19.3 Å². The molecule has 1 atom stereocenters. The molecule has 4 rings (SSSR count). The molecule has 0 saturated heterocycles. The van der Waals surface area contributed by atoms with Crippen molar-refractivity contribution in [3.63, 3.8) is 0 Å². The number of aromatic nitrogens is 3. The number of para-hydroxylation sites is 1. The van der Waals surface area contributed by atoms with Gasteiger partial charge in [-0.2, -0.15) is 0 Å². The molecule has 184 valence electrons. The van der Waals surface area contributed by atoms with E-state index in [9.17, 15) is 14.4 Å². The smallest absolute Gasteiger partial charge is 0.295 e. The van der Waals surface area contributed by atoms with Gasteiger partial charge in [0.15, 0.2) is 0 Å². The lowest BCUT2D eigenvalue weighted by Gasteiger charge is -2.39. The first kappa shape index (κ1) is 24.4. The maximum absolute atomic E-state index is 14.0. The van der Waals surface area contributed by atoms with Crippen molar-refractivity contribution < 1.29 is 9.59 Å². The molecule has 2 aromatic heterocycles. The van der Waals surface area contributed by atoms with Gasteiger partial charge >= 0.3 is 0 Å². The molecule has 8 nitrogen and oxygen atoms in total. The molecule has 35 heavy (non-hydrogen) atoms. The molecule has 0 spiro atoms. The molecule has 0 bridgehead atoms. The van der Waals surface area contributed by atoms with Crippen LogP contribution in [0.1, 0.15) is 62.1 Å². The third-order valence-corrected chi connectivity index (χ3v) is 7.20. The topological polar surface area (TPSA) is 89.2 Å². The van der Waals surface area contributed by atoms with E-state index in [0.29, 0.717) is 17.8 Å². The molecule has 1 aromatic carbocycles. The number of nitrogens with zero attached hydrogens (tertiary/aromatic N) is 4. The van der Waals surface area contributed by atoms with E-state index < -0.39 is 11.4 Å². The molecule has 0 aliphatic heterocycles. The number of carbonyl (C=O) groups excluding carboxylic acids is 2. The second-order valence-electron chi connectivity index (χ2n) is 9.35. The fourth-order valence-corrected chi connectivity index (χ4v) is 4.82. The van der Waals surface area contributed by atoms with Crippen LogP contribution in [-0.2, 0) is 11.8 Å².